The summed E-state index contributed by atoms with van der Waals surface area (Å²) in [6, 6.07) is 12.7. The van der Waals surface area contributed by atoms with Crippen LogP contribution in [0.1, 0.15) is 23.2 Å². The third kappa shape index (κ3) is 4.10. The molecule has 0 aliphatic carbocycles. The van der Waals surface area contributed by atoms with Gasteiger partial charge in [-0.05, 0) is 18.2 Å². The number of nitrogens with zero attached hydrogens (tertiary/aromatic N) is 2. The summed E-state index contributed by atoms with van der Waals surface area (Å²) in [6.07, 6.45) is 0. The Hall–Kier alpha value is -3.55. The number of rotatable bonds is 5. The number of carbonyl (C=O) groups is 2. The molecular weight excluding hydrogens is 341 g/mol. The Morgan fingerprint density at radius 2 is 1.96 bits per heavy atom. The summed E-state index contributed by atoms with van der Waals surface area (Å²) in [4.78, 5) is 27.3. The highest BCUT2D eigenvalue weighted by Crippen LogP contribution is 2.18. The zero-order chi connectivity index (χ0) is 18.5. The van der Waals surface area contributed by atoms with E-state index in [-0.39, 0.29) is 29.7 Å². The number of anilines is 1. The molecular formula is C18H14FN3O4. The Bertz CT molecular complexity index is 941. The van der Waals surface area contributed by atoms with E-state index in [0.29, 0.717) is 5.82 Å². The number of amides is 1. The third-order valence-corrected chi connectivity index (χ3v) is 3.33. The van der Waals surface area contributed by atoms with Crippen molar-refractivity contribution >= 4 is 17.6 Å². The monoisotopic (exact) mass is 355 g/mol. The van der Waals surface area contributed by atoms with E-state index in [0.717, 1.165) is 11.6 Å². The zero-order valence-electron chi connectivity index (χ0n) is 13.7. The summed E-state index contributed by atoms with van der Waals surface area (Å²) in [7, 11) is 0. The predicted molar refractivity (Wildman–Crippen MR) is 89.6 cm³/mol. The lowest BCUT2D eigenvalue weighted by atomic mass is 10.2. The van der Waals surface area contributed by atoms with Crippen LogP contribution in [-0.2, 0) is 16.1 Å². The number of carbonyl (C=O) groups excluding carboxylic acids is 2. The number of ether oxygens (including phenoxy) is 1. The zero-order valence-corrected chi connectivity index (χ0v) is 13.7. The minimum Gasteiger partial charge on any atom is -0.452 e. The minimum absolute atomic E-state index is 0.0793. The van der Waals surface area contributed by atoms with E-state index in [1.807, 2.05) is 30.3 Å². The van der Waals surface area contributed by atoms with Crippen LogP contribution >= 0.6 is 0 Å². The van der Waals surface area contributed by atoms with Crippen LogP contribution in [0.15, 0.2) is 53.1 Å². The smallest absolute Gasteiger partial charge is 0.341 e. The Morgan fingerprint density at radius 1 is 1.19 bits per heavy atom. The second kappa shape index (κ2) is 7.56. The molecule has 0 unspecified atom stereocenters. The highest BCUT2D eigenvalue weighted by Gasteiger charge is 2.17. The Balaban J connectivity index is 1.68. The lowest BCUT2D eigenvalue weighted by molar-refractivity contribution is -0.114. The molecule has 26 heavy (non-hydrogen) atoms. The number of benzene rings is 2. The molecule has 1 amide bonds. The van der Waals surface area contributed by atoms with Crippen LogP contribution in [-0.4, -0.2) is 22.0 Å². The van der Waals surface area contributed by atoms with Crippen LogP contribution in [0.25, 0.3) is 11.4 Å². The van der Waals surface area contributed by atoms with Gasteiger partial charge in [-0.2, -0.15) is 4.98 Å². The molecule has 0 bridgehead atoms. The van der Waals surface area contributed by atoms with Crippen LogP contribution in [0.5, 0.6) is 0 Å². The number of halogens is 1. The topological polar surface area (TPSA) is 94.3 Å². The van der Waals surface area contributed by atoms with E-state index in [1.165, 1.54) is 19.1 Å². The first kappa shape index (κ1) is 17.3. The average molecular weight is 355 g/mol. The summed E-state index contributed by atoms with van der Waals surface area (Å²) in [5.74, 6) is -1.57. The van der Waals surface area contributed by atoms with E-state index in [1.54, 1.807) is 0 Å². The predicted octanol–water partition coefficient (Wildman–Crippen LogP) is 3.19. The fraction of sp³-hybridized carbons (Fsp3) is 0.111. The molecule has 0 radical (unpaired) electrons. The number of nitrogens with one attached hydrogen (secondary N) is 1. The fourth-order valence-electron chi connectivity index (χ4n) is 2.19. The summed E-state index contributed by atoms with van der Waals surface area (Å²) >= 11 is 0. The lowest BCUT2D eigenvalue weighted by Crippen LogP contribution is -2.11. The van der Waals surface area contributed by atoms with Crippen molar-refractivity contribution in [1.82, 2.24) is 10.1 Å². The summed E-state index contributed by atoms with van der Waals surface area (Å²) in [5, 5.41) is 6.27. The van der Waals surface area contributed by atoms with Gasteiger partial charge in [-0.25, -0.2) is 9.18 Å². The average Bonchev–Trinajstić information content (AvgIpc) is 3.11. The van der Waals surface area contributed by atoms with Gasteiger partial charge >= 0.3 is 5.97 Å². The summed E-state index contributed by atoms with van der Waals surface area (Å²) in [5.41, 5.74) is 0.733. The van der Waals surface area contributed by atoms with Crippen LogP contribution in [0.4, 0.5) is 10.1 Å². The first-order valence-corrected chi connectivity index (χ1v) is 7.65. The van der Waals surface area contributed by atoms with Crippen LogP contribution < -0.4 is 5.32 Å². The van der Waals surface area contributed by atoms with E-state index in [2.05, 4.69) is 15.5 Å². The SMILES string of the molecule is CC(=O)Nc1ccc(F)c(C(=O)OCc2nc(-c3ccccc3)no2)c1. The van der Waals surface area contributed by atoms with Gasteiger partial charge in [0, 0.05) is 18.2 Å². The summed E-state index contributed by atoms with van der Waals surface area (Å²) < 4.78 is 23.9. The van der Waals surface area contributed by atoms with E-state index in [4.69, 9.17) is 9.26 Å². The maximum absolute atomic E-state index is 13.8. The van der Waals surface area contributed by atoms with Crippen molar-refractivity contribution in [2.24, 2.45) is 0 Å². The fourth-order valence-corrected chi connectivity index (χ4v) is 2.19. The van der Waals surface area contributed by atoms with Gasteiger partial charge in [0.15, 0.2) is 6.61 Å². The molecule has 1 N–H and O–H groups in total. The van der Waals surface area contributed by atoms with Crippen molar-refractivity contribution in [2.45, 2.75) is 13.5 Å². The van der Waals surface area contributed by atoms with Gasteiger partial charge in [-0.1, -0.05) is 35.5 Å². The molecule has 0 spiro atoms. The molecule has 0 saturated carbocycles. The molecule has 1 heterocycles. The van der Waals surface area contributed by atoms with Crippen molar-refractivity contribution in [1.29, 1.82) is 0 Å². The molecule has 0 aliphatic heterocycles. The molecule has 0 saturated heterocycles. The molecule has 3 rings (SSSR count). The van der Waals surface area contributed by atoms with Gasteiger partial charge in [-0.15, -0.1) is 0 Å². The highest BCUT2D eigenvalue weighted by atomic mass is 19.1. The van der Waals surface area contributed by atoms with Crippen molar-refractivity contribution < 1.29 is 23.2 Å². The van der Waals surface area contributed by atoms with Crippen LogP contribution in [0.3, 0.4) is 0 Å². The number of hydrogen-bond acceptors (Lipinski definition) is 6. The number of esters is 1. The first-order valence-electron chi connectivity index (χ1n) is 7.65. The normalized spacial score (nSPS) is 10.4. The van der Waals surface area contributed by atoms with Crippen LogP contribution in [0, 0.1) is 5.82 Å². The van der Waals surface area contributed by atoms with Crippen molar-refractivity contribution in [3.8, 4) is 11.4 Å². The standard InChI is InChI=1S/C18H14FN3O4/c1-11(23)20-13-7-8-15(19)14(9-13)18(24)25-10-16-21-17(22-26-16)12-5-3-2-4-6-12/h2-9H,10H2,1H3,(H,20,23). The molecule has 2 aromatic carbocycles. The molecule has 1 aromatic heterocycles. The molecule has 0 fully saturated rings. The van der Waals surface area contributed by atoms with Gasteiger partial charge in [0.05, 0.1) is 5.56 Å². The largest absolute Gasteiger partial charge is 0.452 e. The third-order valence-electron chi connectivity index (χ3n) is 3.33. The second-order valence-corrected chi connectivity index (χ2v) is 5.33. The quantitative estimate of drug-likeness (QED) is 0.706. The molecule has 3 aromatic rings. The first-order chi connectivity index (χ1) is 12.5. The molecule has 132 valence electrons. The number of hydrogen-bond donors (Lipinski definition) is 1. The Labute approximate surface area is 147 Å². The van der Waals surface area contributed by atoms with Gasteiger partial charge in [0.25, 0.3) is 5.89 Å². The Morgan fingerprint density at radius 3 is 2.69 bits per heavy atom. The van der Waals surface area contributed by atoms with E-state index in [9.17, 15) is 14.0 Å². The van der Waals surface area contributed by atoms with Gasteiger partial charge in [-0.3, -0.25) is 4.79 Å². The van der Waals surface area contributed by atoms with Crippen molar-refractivity contribution in [3.05, 3.63) is 65.8 Å². The molecule has 0 aliphatic rings. The maximum Gasteiger partial charge on any atom is 0.341 e. The van der Waals surface area contributed by atoms with E-state index < -0.39 is 11.8 Å². The Kier molecular flexibility index (Phi) is 5.02. The lowest BCUT2D eigenvalue weighted by Gasteiger charge is -2.06. The highest BCUT2D eigenvalue weighted by molar-refractivity contribution is 5.93. The van der Waals surface area contributed by atoms with Gasteiger partial charge < -0.3 is 14.6 Å². The van der Waals surface area contributed by atoms with Crippen molar-refractivity contribution in [3.63, 3.8) is 0 Å². The van der Waals surface area contributed by atoms with Gasteiger partial charge in [0.2, 0.25) is 11.7 Å². The number of aromatic nitrogens is 2. The molecule has 0 atom stereocenters. The van der Waals surface area contributed by atoms with E-state index >= 15 is 0 Å². The molecule has 8 heteroatoms. The molecule has 7 nitrogen and oxygen atoms in total. The maximum atomic E-state index is 13.8. The second-order valence-electron chi connectivity index (χ2n) is 5.33. The van der Waals surface area contributed by atoms with Gasteiger partial charge in [0.1, 0.15) is 5.82 Å². The summed E-state index contributed by atoms with van der Waals surface area (Å²) in [6.45, 7) is 1.00. The van der Waals surface area contributed by atoms with Crippen molar-refractivity contribution in [2.75, 3.05) is 5.32 Å². The minimum atomic E-state index is -0.908. The van der Waals surface area contributed by atoms with Crippen LogP contribution in [0.2, 0.25) is 0 Å².